The fraction of sp³-hybridized carbons (Fsp3) is 0.318. The number of aromatic nitrogens is 1. The maximum Gasteiger partial charge on any atom is 0.174 e. The van der Waals surface area contributed by atoms with E-state index >= 15 is 0 Å². The Kier molecular flexibility index (Phi) is 4.53. The zero-order valence-corrected chi connectivity index (χ0v) is 15.0. The van der Waals surface area contributed by atoms with Crippen molar-refractivity contribution in [1.29, 1.82) is 5.26 Å². The zero-order chi connectivity index (χ0) is 17.9. The van der Waals surface area contributed by atoms with Crippen LogP contribution in [-0.2, 0) is 19.4 Å². The molecule has 0 bridgehead atoms. The molecule has 0 radical (unpaired) electrons. The second-order valence-electron chi connectivity index (χ2n) is 6.67. The Morgan fingerprint density at radius 1 is 1.12 bits per heavy atom. The van der Waals surface area contributed by atoms with Gasteiger partial charge in [0.25, 0.3) is 0 Å². The quantitative estimate of drug-likeness (QED) is 0.684. The Morgan fingerprint density at radius 2 is 1.92 bits per heavy atom. The molecule has 3 aromatic rings. The highest BCUT2D eigenvalue weighted by atomic mass is 16.5. The van der Waals surface area contributed by atoms with Gasteiger partial charge in [0.05, 0.1) is 12.6 Å². The number of rotatable bonds is 5. The van der Waals surface area contributed by atoms with E-state index in [0.29, 0.717) is 0 Å². The van der Waals surface area contributed by atoms with E-state index in [4.69, 9.17) is 14.7 Å². The van der Waals surface area contributed by atoms with Crippen LogP contribution in [0.1, 0.15) is 29.7 Å². The summed E-state index contributed by atoms with van der Waals surface area (Å²) in [7, 11) is 1.67. The van der Waals surface area contributed by atoms with Crippen molar-refractivity contribution < 1.29 is 9.47 Å². The number of methoxy groups -OCH3 is 1. The number of fused-ring (bicyclic) bond motifs is 3. The molecule has 0 amide bonds. The summed E-state index contributed by atoms with van der Waals surface area (Å²) in [6.45, 7) is 0.873. The van der Waals surface area contributed by atoms with Crippen molar-refractivity contribution in [2.24, 2.45) is 0 Å². The molecule has 1 aliphatic carbocycles. The summed E-state index contributed by atoms with van der Waals surface area (Å²) in [6, 6.07) is 16.6. The topological polar surface area (TPSA) is 47.2 Å². The average molecular weight is 346 g/mol. The summed E-state index contributed by atoms with van der Waals surface area (Å²) >= 11 is 0. The molecule has 0 N–H and O–H groups in total. The third-order valence-corrected chi connectivity index (χ3v) is 5.12. The van der Waals surface area contributed by atoms with Crippen LogP contribution < -0.4 is 9.47 Å². The van der Waals surface area contributed by atoms with Crippen LogP contribution in [0.4, 0.5) is 0 Å². The first-order valence-electron chi connectivity index (χ1n) is 9.07. The van der Waals surface area contributed by atoms with Gasteiger partial charge in [-0.1, -0.05) is 30.3 Å². The van der Waals surface area contributed by atoms with Crippen LogP contribution in [0.2, 0.25) is 0 Å². The number of aryl methyl sites for hydroxylation is 1. The molecule has 1 aliphatic rings. The lowest BCUT2D eigenvalue weighted by Gasteiger charge is -2.16. The molecule has 1 heterocycles. The van der Waals surface area contributed by atoms with Crippen LogP contribution in [0.5, 0.6) is 11.5 Å². The Labute approximate surface area is 153 Å². The number of nitrogens with zero attached hydrogens (tertiary/aromatic N) is 2. The molecule has 26 heavy (non-hydrogen) atoms. The predicted octanol–water partition coefficient (Wildman–Crippen LogP) is 4.48. The predicted molar refractivity (Wildman–Crippen MR) is 102 cm³/mol. The van der Waals surface area contributed by atoms with Gasteiger partial charge in [-0.25, -0.2) is 0 Å². The maximum absolute atomic E-state index is 8.95. The highest BCUT2D eigenvalue weighted by molar-refractivity contribution is 5.93. The standard InChI is InChI=1S/C22H22N2O2/c1-25-17-13-20-22(21(14-17)26-12-11-23)18-9-5-6-10-19(18)24(20)15-16-7-3-2-4-8-16/h2-4,7-8,13-14H,5-6,9-10,12,15H2,1H3. The molecule has 0 aliphatic heterocycles. The summed E-state index contributed by atoms with van der Waals surface area (Å²) < 4.78 is 13.7. The van der Waals surface area contributed by atoms with Crippen LogP contribution >= 0.6 is 0 Å². The second kappa shape index (κ2) is 7.13. The minimum atomic E-state index is 0.0426. The third-order valence-electron chi connectivity index (χ3n) is 5.12. The van der Waals surface area contributed by atoms with Gasteiger partial charge in [-0.05, 0) is 36.8 Å². The van der Waals surface area contributed by atoms with Crippen molar-refractivity contribution in [3.05, 3.63) is 59.3 Å². The third kappa shape index (κ3) is 2.90. The Bertz CT molecular complexity index is 967. The van der Waals surface area contributed by atoms with Crippen LogP contribution in [0, 0.1) is 11.3 Å². The van der Waals surface area contributed by atoms with Gasteiger partial charge in [0.2, 0.25) is 0 Å². The molecule has 132 valence electrons. The van der Waals surface area contributed by atoms with Gasteiger partial charge in [-0.3, -0.25) is 0 Å². The molecular formula is C22H22N2O2. The van der Waals surface area contributed by atoms with E-state index in [1.54, 1.807) is 7.11 Å². The van der Waals surface area contributed by atoms with E-state index in [1.807, 2.05) is 12.1 Å². The van der Waals surface area contributed by atoms with Crippen molar-refractivity contribution in [1.82, 2.24) is 4.57 Å². The van der Waals surface area contributed by atoms with Gasteiger partial charge in [0.15, 0.2) is 6.61 Å². The summed E-state index contributed by atoms with van der Waals surface area (Å²) in [5.74, 6) is 1.51. The molecule has 0 saturated heterocycles. The smallest absolute Gasteiger partial charge is 0.174 e. The molecule has 0 fully saturated rings. The van der Waals surface area contributed by atoms with Gasteiger partial charge in [-0.15, -0.1) is 0 Å². The van der Waals surface area contributed by atoms with Gasteiger partial charge >= 0.3 is 0 Å². The molecule has 4 rings (SSSR count). The van der Waals surface area contributed by atoms with E-state index < -0.39 is 0 Å². The summed E-state index contributed by atoms with van der Waals surface area (Å²) in [6.07, 6.45) is 4.55. The fourth-order valence-electron chi connectivity index (χ4n) is 3.98. The lowest BCUT2D eigenvalue weighted by Crippen LogP contribution is -2.09. The van der Waals surface area contributed by atoms with Crippen molar-refractivity contribution in [3.8, 4) is 17.6 Å². The highest BCUT2D eigenvalue weighted by Gasteiger charge is 2.23. The molecule has 0 spiro atoms. The fourth-order valence-corrected chi connectivity index (χ4v) is 3.98. The van der Waals surface area contributed by atoms with Crippen LogP contribution in [-0.4, -0.2) is 18.3 Å². The van der Waals surface area contributed by atoms with Crippen LogP contribution in [0.15, 0.2) is 42.5 Å². The first-order chi connectivity index (χ1) is 12.8. The zero-order valence-electron chi connectivity index (χ0n) is 15.0. The molecule has 2 aromatic carbocycles. The van der Waals surface area contributed by atoms with Crippen molar-refractivity contribution in [3.63, 3.8) is 0 Å². The molecule has 4 heteroatoms. The summed E-state index contributed by atoms with van der Waals surface area (Å²) in [5.41, 5.74) is 5.18. The van der Waals surface area contributed by atoms with Gasteiger partial charge < -0.3 is 14.0 Å². The van der Waals surface area contributed by atoms with E-state index in [0.717, 1.165) is 41.8 Å². The number of benzene rings is 2. The van der Waals surface area contributed by atoms with Crippen molar-refractivity contribution in [2.45, 2.75) is 32.2 Å². The van der Waals surface area contributed by atoms with Crippen LogP contribution in [0.25, 0.3) is 10.9 Å². The lowest BCUT2D eigenvalue weighted by atomic mass is 9.95. The maximum atomic E-state index is 8.95. The second-order valence-corrected chi connectivity index (χ2v) is 6.67. The van der Waals surface area contributed by atoms with E-state index in [1.165, 1.54) is 29.7 Å². The van der Waals surface area contributed by atoms with E-state index in [-0.39, 0.29) is 6.61 Å². The molecule has 0 saturated carbocycles. The minimum Gasteiger partial charge on any atom is -0.497 e. The van der Waals surface area contributed by atoms with Crippen molar-refractivity contribution >= 4 is 10.9 Å². The SMILES string of the molecule is COc1cc(OCC#N)c2c3c(n(Cc4ccccc4)c2c1)CCCC3. The van der Waals surface area contributed by atoms with Crippen LogP contribution in [0.3, 0.4) is 0 Å². The molecule has 4 nitrogen and oxygen atoms in total. The van der Waals surface area contributed by atoms with Gasteiger partial charge in [0.1, 0.15) is 17.6 Å². The number of hydrogen-bond donors (Lipinski definition) is 0. The van der Waals surface area contributed by atoms with Gasteiger partial charge in [-0.2, -0.15) is 5.26 Å². The Hall–Kier alpha value is -2.93. The highest BCUT2D eigenvalue weighted by Crippen LogP contribution is 2.40. The largest absolute Gasteiger partial charge is 0.497 e. The minimum absolute atomic E-state index is 0.0426. The molecule has 0 atom stereocenters. The van der Waals surface area contributed by atoms with Crippen molar-refractivity contribution in [2.75, 3.05) is 13.7 Å². The average Bonchev–Trinajstić information content (AvgIpc) is 3.01. The molecule has 1 aromatic heterocycles. The van der Waals surface area contributed by atoms with E-state index in [9.17, 15) is 0 Å². The monoisotopic (exact) mass is 346 g/mol. The van der Waals surface area contributed by atoms with E-state index in [2.05, 4.69) is 41.0 Å². The number of hydrogen-bond acceptors (Lipinski definition) is 3. The molecule has 0 unspecified atom stereocenters. The lowest BCUT2D eigenvalue weighted by molar-refractivity contribution is 0.365. The normalized spacial score (nSPS) is 13.2. The summed E-state index contributed by atoms with van der Waals surface area (Å²) in [5, 5.41) is 10.1. The number of nitriles is 1. The Morgan fingerprint density at radius 3 is 2.69 bits per heavy atom. The first kappa shape index (κ1) is 16.5. The first-order valence-corrected chi connectivity index (χ1v) is 9.07. The molecular weight excluding hydrogens is 324 g/mol. The summed E-state index contributed by atoms with van der Waals surface area (Å²) in [4.78, 5) is 0. The van der Waals surface area contributed by atoms with Gasteiger partial charge in [0, 0.05) is 29.8 Å². The number of ether oxygens (including phenoxy) is 2. The Balaban J connectivity index is 1.93.